The molecule has 1 aliphatic heterocycles. The minimum Gasteiger partial charge on any atom is -0.497 e. The number of rotatable bonds is 6. The Morgan fingerprint density at radius 2 is 2.25 bits per heavy atom. The number of aromatic nitrogens is 3. The van der Waals surface area contributed by atoms with Crippen LogP contribution in [0.15, 0.2) is 30.5 Å². The average Bonchev–Trinajstić information content (AvgIpc) is 2.67. The third kappa shape index (κ3) is 4.20. The maximum Gasteiger partial charge on any atom is 0.245 e. The van der Waals surface area contributed by atoms with Crippen molar-refractivity contribution in [2.45, 2.75) is 31.8 Å². The van der Waals surface area contributed by atoms with Gasteiger partial charge in [0.15, 0.2) is 0 Å². The molecule has 0 N–H and O–H groups in total. The largest absolute Gasteiger partial charge is 0.497 e. The van der Waals surface area contributed by atoms with E-state index in [4.69, 9.17) is 9.47 Å². The zero-order valence-electron chi connectivity index (χ0n) is 14.3. The normalized spacial score (nSPS) is 17.5. The van der Waals surface area contributed by atoms with E-state index in [9.17, 15) is 0 Å². The molecule has 1 fully saturated rings. The molecule has 3 rings (SSSR count). The van der Waals surface area contributed by atoms with Gasteiger partial charge in [0.25, 0.3) is 0 Å². The first kappa shape index (κ1) is 16.6. The van der Waals surface area contributed by atoms with Crippen molar-refractivity contribution in [2.24, 2.45) is 0 Å². The number of methoxy groups -OCH3 is 1. The number of hydrogen-bond acceptors (Lipinski definition) is 6. The van der Waals surface area contributed by atoms with Crippen LogP contribution >= 0.6 is 0 Å². The number of nitrogens with zero attached hydrogens (tertiary/aromatic N) is 4. The average molecular weight is 328 g/mol. The van der Waals surface area contributed by atoms with Crippen LogP contribution in [0.3, 0.4) is 0 Å². The summed E-state index contributed by atoms with van der Waals surface area (Å²) < 4.78 is 11.1. The lowest BCUT2D eigenvalue weighted by atomic mass is 10.1. The van der Waals surface area contributed by atoms with E-state index in [0.29, 0.717) is 12.1 Å². The summed E-state index contributed by atoms with van der Waals surface area (Å²) in [5, 5.41) is 8.27. The number of benzene rings is 1. The van der Waals surface area contributed by atoms with Gasteiger partial charge in [-0.1, -0.05) is 12.1 Å². The molecule has 0 aliphatic carbocycles. The van der Waals surface area contributed by atoms with Crippen LogP contribution in [-0.2, 0) is 4.74 Å². The Morgan fingerprint density at radius 3 is 3.04 bits per heavy atom. The lowest BCUT2D eigenvalue weighted by Gasteiger charge is -2.25. The number of ether oxygens (including phenoxy) is 2. The fourth-order valence-corrected chi connectivity index (χ4v) is 2.85. The Balaban J connectivity index is 1.67. The van der Waals surface area contributed by atoms with Crippen molar-refractivity contribution >= 4 is 5.95 Å². The minimum absolute atomic E-state index is 0.357. The second-order valence-corrected chi connectivity index (χ2v) is 6.07. The summed E-state index contributed by atoms with van der Waals surface area (Å²) in [5.74, 6) is 1.43. The zero-order chi connectivity index (χ0) is 16.8. The van der Waals surface area contributed by atoms with E-state index in [1.807, 2.05) is 36.2 Å². The highest BCUT2D eigenvalue weighted by molar-refractivity contribution is 5.61. The molecule has 0 spiro atoms. The van der Waals surface area contributed by atoms with Crippen molar-refractivity contribution in [2.75, 3.05) is 32.2 Å². The molecule has 6 nitrogen and oxygen atoms in total. The molecule has 24 heavy (non-hydrogen) atoms. The van der Waals surface area contributed by atoms with E-state index in [1.165, 1.54) is 12.8 Å². The SMILES string of the molecule is COc1cccc(-c2cnnc(N(C)CCC3CCCCO3)n2)c1. The third-order valence-electron chi connectivity index (χ3n) is 4.32. The molecule has 0 saturated carbocycles. The first-order valence-corrected chi connectivity index (χ1v) is 8.43. The van der Waals surface area contributed by atoms with Gasteiger partial charge in [-0.2, -0.15) is 5.10 Å². The van der Waals surface area contributed by atoms with Crippen molar-refractivity contribution in [3.63, 3.8) is 0 Å². The molecule has 2 aromatic rings. The van der Waals surface area contributed by atoms with Crippen molar-refractivity contribution in [3.05, 3.63) is 30.5 Å². The standard InChI is InChI=1S/C18H24N4O2/c1-22(10-9-15-7-3-4-11-24-15)18-20-17(13-19-21-18)14-6-5-8-16(12-14)23-2/h5-6,8,12-13,15H,3-4,7,9-11H2,1-2H3. The Hall–Kier alpha value is -2.21. The van der Waals surface area contributed by atoms with Gasteiger partial charge in [-0.3, -0.25) is 0 Å². The summed E-state index contributed by atoms with van der Waals surface area (Å²) in [6, 6.07) is 7.80. The highest BCUT2D eigenvalue weighted by Gasteiger charge is 2.15. The van der Waals surface area contributed by atoms with E-state index in [-0.39, 0.29) is 0 Å². The second-order valence-electron chi connectivity index (χ2n) is 6.07. The molecule has 1 aromatic carbocycles. The van der Waals surface area contributed by atoms with E-state index in [1.54, 1.807) is 13.3 Å². The number of anilines is 1. The number of hydrogen-bond donors (Lipinski definition) is 0. The van der Waals surface area contributed by atoms with Gasteiger partial charge in [0, 0.05) is 25.8 Å². The Morgan fingerprint density at radius 1 is 1.33 bits per heavy atom. The molecular formula is C18H24N4O2. The van der Waals surface area contributed by atoms with Crippen LogP contribution in [0.5, 0.6) is 5.75 Å². The highest BCUT2D eigenvalue weighted by Crippen LogP contribution is 2.23. The topological polar surface area (TPSA) is 60.4 Å². The predicted octanol–water partition coefficient (Wildman–Crippen LogP) is 2.94. The molecule has 2 heterocycles. The maximum absolute atomic E-state index is 5.79. The molecule has 1 aliphatic rings. The first-order valence-electron chi connectivity index (χ1n) is 8.43. The van der Waals surface area contributed by atoms with Gasteiger partial charge in [0.2, 0.25) is 5.95 Å². The van der Waals surface area contributed by atoms with Crippen LogP contribution in [0.1, 0.15) is 25.7 Å². The van der Waals surface area contributed by atoms with E-state index in [0.717, 1.165) is 43.0 Å². The lowest BCUT2D eigenvalue weighted by molar-refractivity contribution is 0.0126. The quantitative estimate of drug-likeness (QED) is 0.812. The zero-order valence-corrected chi connectivity index (χ0v) is 14.3. The molecular weight excluding hydrogens is 304 g/mol. The van der Waals surface area contributed by atoms with Gasteiger partial charge in [-0.15, -0.1) is 5.10 Å². The van der Waals surface area contributed by atoms with Crippen LogP contribution in [-0.4, -0.2) is 48.6 Å². The molecule has 1 saturated heterocycles. The van der Waals surface area contributed by atoms with Gasteiger partial charge >= 0.3 is 0 Å². The summed E-state index contributed by atoms with van der Waals surface area (Å²) in [5.41, 5.74) is 1.76. The second kappa shape index (κ2) is 8.06. The molecule has 0 radical (unpaired) electrons. The van der Waals surface area contributed by atoms with E-state index < -0.39 is 0 Å². The van der Waals surface area contributed by atoms with Crippen molar-refractivity contribution in [1.29, 1.82) is 0 Å². The minimum atomic E-state index is 0.357. The Labute approximate surface area is 142 Å². The molecule has 1 aromatic heterocycles. The summed E-state index contributed by atoms with van der Waals surface area (Å²) >= 11 is 0. The molecule has 0 bridgehead atoms. The molecule has 1 atom stereocenters. The van der Waals surface area contributed by atoms with Crippen LogP contribution < -0.4 is 9.64 Å². The smallest absolute Gasteiger partial charge is 0.245 e. The predicted molar refractivity (Wildman–Crippen MR) is 93.3 cm³/mol. The fraction of sp³-hybridized carbons (Fsp3) is 0.500. The Kier molecular flexibility index (Phi) is 5.59. The van der Waals surface area contributed by atoms with Crippen molar-refractivity contribution in [3.8, 4) is 17.0 Å². The maximum atomic E-state index is 5.79. The molecule has 128 valence electrons. The summed E-state index contributed by atoms with van der Waals surface area (Å²) in [4.78, 5) is 6.67. The van der Waals surface area contributed by atoms with Crippen molar-refractivity contribution in [1.82, 2.24) is 15.2 Å². The van der Waals surface area contributed by atoms with Gasteiger partial charge < -0.3 is 14.4 Å². The summed E-state index contributed by atoms with van der Waals surface area (Å²) in [7, 11) is 3.65. The van der Waals surface area contributed by atoms with Crippen LogP contribution in [0, 0.1) is 0 Å². The van der Waals surface area contributed by atoms with Crippen LogP contribution in [0.25, 0.3) is 11.3 Å². The van der Waals surface area contributed by atoms with Gasteiger partial charge in [-0.25, -0.2) is 4.98 Å². The van der Waals surface area contributed by atoms with E-state index >= 15 is 0 Å². The van der Waals surface area contributed by atoms with Crippen LogP contribution in [0.2, 0.25) is 0 Å². The monoisotopic (exact) mass is 328 g/mol. The van der Waals surface area contributed by atoms with Crippen molar-refractivity contribution < 1.29 is 9.47 Å². The van der Waals surface area contributed by atoms with Gasteiger partial charge in [-0.05, 0) is 37.8 Å². The van der Waals surface area contributed by atoms with E-state index in [2.05, 4.69) is 15.2 Å². The molecule has 0 amide bonds. The summed E-state index contributed by atoms with van der Waals surface area (Å²) in [6.07, 6.45) is 6.62. The molecule has 6 heteroatoms. The van der Waals surface area contributed by atoms with Gasteiger partial charge in [0.05, 0.1) is 25.1 Å². The van der Waals surface area contributed by atoms with Gasteiger partial charge in [0.1, 0.15) is 5.75 Å². The highest BCUT2D eigenvalue weighted by atomic mass is 16.5. The first-order chi connectivity index (χ1) is 11.8. The lowest BCUT2D eigenvalue weighted by Crippen LogP contribution is -2.28. The van der Waals surface area contributed by atoms with Crippen LogP contribution in [0.4, 0.5) is 5.95 Å². The molecule has 1 unspecified atom stereocenters. The fourth-order valence-electron chi connectivity index (χ4n) is 2.85. The Bertz CT molecular complexity index is 659. The summed E-state index contributed by atoms with van der Waals surface area (Å²) in [6.45, 7) is 1.74. The third-order valence-corrected chi connectivity index (χ3v) is 4.32.